The van der Waals surface area contributed by atoms with Crippen molar-refractivity contribution in [1.82, 2.24) is 0 Å². The Morgan fingerprint density at radius 2 is 2.19 bits per heavy atom. The van der Waals surface area contributed by atoms with E-state index < -0.39 is 17.2 Å². The second-order valence-electron chi connectivity index (χ2n) is 7.16. The standard InChI is InChI=1S/C15H18O6/c1-13-19-9-4-11-15(21-13)10(5-12(17)18-11)8(7-16)2-3-14(15,6-9)20-13/h7-11H,2-6H2,1H3. The van der Waals surface area contributed by atoms with Crippen LogP contribution >= 0.6 is 0 Å². The highest BCUT2D eigenvalue weighted by Crippen LogP contribution is 2.67. The fourth-order valence-corrected chi connectivity index (χ4v) is 5.63. The molecule has 6 heteroatoms. The SMILES string of the molecule is CC12OC3CC4OC(=O)CC5C(C=O)CCC(C3)(O1)C45O2. The molecule has 5 aliphatic rings. The lowest BCUT2D eigenvalue weighted by Crippen LogP contribution is -2.73. The Labute approximate surface area is 122 Å². The summed E-state index contributed by atoms with van der Waals surface area (Å²) in [7, 11) is 0. The summed E-state index contributed by atoms with van der Waals surface area (Å²) in [4.78, 5) is 23.5. The van der Waals surface area contributed by atoms with E-state index in [2.05, 4.69) is 0 Å². The number of rotatable bonds is 1. The first-order valence-corrected chi connectivity index (χ1v) is 7.73. The van der Waals surface area contributed by atoms with Crippen LogP contribution in [0.15, 0.2) is 0 Å². The molecule has 0 N–H and O–H groups in total. The quantitative estimate of drug-likeness (QED) is 0.529. The molecule has 0 radical (unpaired) electrons. The topological polar surface area (TPSA) is 71.1 Å². The van der Waals surface area contributed by atoms with Crippen LogP contribution in [0.3, 0.4) is 0 Å². The predicted molar refractivity (Wildman–Crippen MR) is 66.9 cm³/mol. The van der Waals surface area contributed by atoms with E-state index in [9.17, 15) is 9.59 Å². The van der Waals surface area contributed by atoms with Gasteiger partial charge in [-0.05, 0) is 12.8 Å². The highest BCUT2D eigenvalue weighted by Gasteiger charge is 2.80. The van der Waals surface area contributed by atoms with Crippen LogP contribution in [0.5, 0.6) is 0 Å². The summed E-state index contributed by atoms with van der Waals surface area (Å²) in [6.45, 7) is 1.79. The van der Waals surface area contributed by atoms with Gasteiger partial charge in [-0.1, -0.05) is 0 Å². The third-order valence-corrected chi connectivity index (χ3v) is 6.12. The Bertz CT molecular complexity index is 548. The van der Waals surface area contributed by atoms with Crippen LogP contribution in [0, 0.1) is 11.8 Å². The molecule has 3 heterocycles. The highest BCUT2D eigenvalue weighted by atomic mass is 16.9. The fourth-order valence-electron chi connectivity index (χ4n) is 5.63. The Kier molecular flexibility index (Phi) is 2.09. The van der Waals surface area contributed by atoms with Gasteiger partial charge >= 0.3 is 5.97 Å². The van der Waals surface area contributed by atoms with E-state index in [1.165, 1.54) is 0 Å². The normalized spacial score (nSPS) is 60.3. The van der Waals surface area contributed by atoms with Crippen molar-refractivity contribution in [2.75, 3.05) is 0 Å². The number of aldehydes is 1. The summed E-state index contributed by atoms with van der Waals surface area (Å²) in [5, 5.41) is 0. The Balaban J connectivity index is 1.72. The number of ether oxygens (including phenoxy) is 4. The largest absolute Gasteiger partial charge is 0.459 e. The minimum absolute atomic E-state index is 0.0105. The maximum absolute atomic E-state index is 12.0. The van der Waals surface area contributed by atoms with Crippen molar-refractivity contribution in [2.24, 2.45) is 11.8 Å². The molecule has 7 atom stereocenters. The molecule has 3 bridgehead atoms. The molecular formula is C15H18O6. The van der Waals surface area contributed by atoms with Crippen molar-refractivity contribution in [3.8, 4) is 0 Å². The summed E-state index contributed by atoms with van der Waals surface area (Å²) in [5.41, 5.74) is -1.19. The third-order valence-electron chi connectivity index (χ3n) is 6.12. The van der Waals surface area contributed by atoms with E-state index in [-0.39, 0.29) is 36.4 Å². The monoisotopic (exact) mass is 294 g/mol. The van der Waals surface area contributed by atoms with Crippen LogP contribution < -0.4 is 0 Å². The summed E-state index contributed by atoms with van der Waals surface area (Å²) < 4.78 is 24.1. The molecule has 114 valence electrons. The molecule has 2 aliphatic carbocycles. The van der Waals surface area contributed by atoms with Gasteiger partial charge in [0.25, 0.3) is 5.97 Å². The molecule has 7 unspecified atom stereocenters. The van der Waals surface area contributed by atoms with Gasteiger partial charge < -0.3 is 23.7 Å². The molecule has 2 spiro atoms. The van der Waals surface area contributed by atoms with Gasteiger partial charge in [0.2, 0.25) is 0 Å². The van der Waals surface area contributed by atoms with Crippen LogP contribution in [-0.4, -0.2) is 41.6 Å². The number of fused-ring (bicyclic) bond motifs is 2. The minimum Gasteiger partial charge on any atom is -0.459 e. The molecule has 3 aliphatic heterocycles. The molecule has 0 aromatic rings. The Morgan fingerprint density at radius 1 is 1.33 bits per heavy atom. The predicted octanol–water partition coefficient (Wildman–Crippen LogP) is 0.918. The third kappa shape index (κ3) is 1.26. The second-order valence-corrected chi connectivity index (χ2v) is 7.16. The smallest absolute Gasteiger partial charge is 0.306 e. The number of esters is 1. The summed E-state index contributed by atoms with van der Waals surface area (Å²) in [6.07, 6.45) is 3.72. The van der Waals surface area contributed by atoms with Crippen molar-refractivity contribution in [3.05, 3.63) is 0 Å². The van der Waals surface area contributed by atoms with Gasteiger partial charge in [-0.15, -0.1) is 0 Å². The maximum atomic E-state index is 12.0. The van der Waals surface area contributed by atoms with Crippen molar-refractivity contribution in [3.63, 3.8) is 0 Å². The molecular weight excluding hydrogens is 276 g/mol. The number of carbonyl (C=O) groups is 2. The van der Waals surface area contributed by atoms with Crippen LogP contribution in [0.2, 0.25) is 0 Å². The second kappa shape index (κ2) is 3.50. The van der Waals surface area contributed by atoms with E-state index in [1.54, 1.807) is 6.92 Å². The summed E-state index contributed by atoms with van der Waals surface area (Å²) >= 11 is 0. The lowest BCUT2D eigenvalue weighted by Gasteiger charge is -2.60. The van der Waals surface area contributed by atoms with E-state index in [1.807, 2.05) is 0 Å². The van der Waals surface area contributed by atoms with Gasteiger partial charge in [0.05, 0.1) is 12.5 Å². The zero-order chi connectivity index (χ0) is 14.5. The van der Waals surface area contributed by atoms with Crippen molar-refractivity contribution in [2.45, 2.75) is 68.4 Å². The first kappa shape index (κ1) is 12.6. The van der Waals surface area contributed by atoms with Crippen molar-refractivity contribution < 1.29 is 28.5 Å². The molecule has 5 rings (SSSR count). The van der Waals surface area contributed by atoms with Crippen LogP contribution in [0.4, 0.5) is 0 Å². The van der Waals surface area contributed by atoms with Gasteiger partial charge in [-0.2, -0.15) is 0 Å². The van der Waals surface area contributed by atoms with Gasteiger partial charge in [0.1, 0.15) is 23.6 Å². The molecule has 0 aromatic carbocycles. The fraction of sp³-hybridized carbons (Fsp3) is 0.867. The lowest BCUT2D eigenvalue weighted by molar-refractivity contribution is -0.376. The Morgan fingerprint density at radius 3 is 3.00 bits per heavy atom. The van der Waals surface area contributed by atoms with Gasteiger partial charge in [-0.25, -0.2) is 0 Å². The van der Waals surface area contributed by atoms with Crippen LogP contribution in [0.25, 0.3) is 0 Å². The van der Waals surface area contributed by atoms with Crippen LogP contribution in [0.1, 0.15) is 39.0 Å². The van der Waals surface area contributed by atoms with E-state index in [4.69, 9.17) is 18.9 Å². The van der Waals surface area contributed by atoms with Crippen molar-refractivity contribution >= 4 is 12.3 Å². The summed E-state index contributed by atoms with van der Waals surface area (Å²) in [6, 6.07) is 0. The zero-order valence-electron chi connectivity index (χ0n) is 11.9. The molecule has 5 fully saturated rings. The van der Waals surface area contributed by atoms with Crippen LogP contribution in [-0.2, 0) is 28.5 Å². The van der Waals surface area contributed by atoms with Gasteiger partial charge in [0, 0.05) is 31.6 Å². The van der Waals surface area contributed by atoms with E-state index in [0.29, 0.717) is 6.42 Å². The molecule has 3 saturated heterocycles. The Hall–Kier alpha value is -0.980. The number of hydrogen-bond acceptors (Lipinski definition) is 6. The minimum atomic E-state index is -1.07. The molecule has 2 saturated carbocycles. The molecule has 21 heavy (non-hydrogen) atoms. The number of hydrogen-bond donors (Lipinski definition) is 0. The highest BCUT2D eigenvalue weighted by molar-refractivity contribution is 5.73. The molecule has 0 amide bonds. The summed E-state index contributed by atoms with van der Waals surface area (Å²) in [5.74, 6) is -1.65. The van der Waals surface area contributed by atoms with E-state index in [0.717, 1.165) is 25.5 Å². The molecule has 6 nitrogen and oxygen atoms in total. The maximum Gasteiger partial charge on any atom is 0.306 e. The lowest BCUT2D eigenvalue weighted by atomic mass is 9.53. The average Bonchev–Trinajstić information content (AvgIpc) is 2.53. The number of carbonyl (C=O) groups excluding carboxylic acids is 2. The van der Waals surface area contributed by atoms with E-state index >= 15 is 0 Å². The van der Waals surface area contributed by atoms with Crippen molar-refractivity contribution in [1.29, 1.82) is 0 Å². The van der Waals surface area contributed by atoms with Gasteiger partial charge in [0.15, 0.2) is 0 Å². The first-order valence-electron chi connectivity index (χ1n) is 7.73. The first-order chi connectivity index (χ1) is 10.0. The van der Waals surface area contributed by atoms with Gasteiger partial charge in [-0.3, -0.25) is 4.79 Å². The molecule has 0 aromatic heterocycles. The average molecular weight is 294 g/mol. The zero-order valence-corrected chi connectivity index (χ0v) is 11.9.